The molecule has 18 heavy (non-hydrogen) atoms. The van der Waals surface area contributed by atoms with E-state index in [0.29, 0.717) is 0 Å². The molecule has 0 fully saturated rings. The van der Waals surface area contributed by atoms with Gasteiger partial charge in [0.1, 0.15) is 11.5 Å². The lowest BCUT2D eigenvalue weighted by Crippen LogP contribution is -2.30. The molecular formula is C13H13BrFN3. The van der Waals surface area contributed by atoms with E-state index < -0.39 is 0 Å². The quantitative estimate of drug-likeness (QED) is 0.807. The van der Waals surface area contributed by atoms with Crippen LogP contribution in [0.4, 0.5) is 4.39 Å². The molecule has 3 rings (SSSR count). The maximum Gasteiger partial charge on any atom is 0.123 e. The standard InChI is InChI=1S/C13H13BrFN3/c1-17-6-7-18-11(8-17)12(14)13(16-18)9-2-4-10(15)5-3-9/h2-5H,6-8H2,1H3. The first-order chi connectivity index (χ1) is 8.65. The Hall–Kier alpha value is -1.20. The first-order valence-corrected chi connectivity index (χ1v) is 6.64. The highest BCUT2D eigenvalue weighted by molar-refractivity contribution is 9.10. The maximum atomic E-state index is 12.9. The highest BCUT2D eigenvalue weighted by atomic mass is 79.9. The van der Waals surface area contributed by atoms with Crippen molar-refractivity contribution in [2.75, 3.05) is 13.6 Å². The van der Waals surface area contributed by atoms with Gasteiger partial charge >= 0.3 is 0 Å². The Morgan fingerprint density at radius 2 is 1.94 bits per heavy atom. The first kappa shape index (κ1) is 11.9. The second-order valence-corrected chi connectivity index (χ2v) is 5.37. The minimum absolute atomic E-state index is 0.224. The molecule has 0 saturated heterocycles. The normalized spacial score (nSPS) is 15.7. The Labute approximate surface area is 113 Å². The Morgan fingerprint density at radius 1 is 1.22 bits per heavy atom. The van der Waals surface area contributed by atoms with Crippen LogP contribution in [-0.4, -0.2) is 28.3 Å². The van der Waals surface area contributed by atoms with E-state index >= 15 is 0 Å². The Morgan fingerprint density at radius 3 is 2.67 bits per heavy atom. The second-order valence-electron chi connectivity index (χ2n) is 4.58. The molecule has 0 amide bonds. The summed E-state index contributed by atoms with van der Waals surface area (Å²) in [5.74, 6) is -0.224. The first-order valence-electron chi connectivity index (χ1n) is 5.85. The van der Waals surface area contributed by atoms with Crippen molar-refractivity contribution < 1.29 is 4.39 Å². The molecule has 94 valence electrons. The number of nitrogens with zero attached hydrogens (tertiary/aromatic N) is 3. The highest BCUT2D eigenvalue weighted by Crippen LogP contribution is 2.32. The lowest BCUT2D eigenvalue weighted by Gasteiger charge is -2.23. The average molecular weight is 310 g/mol. The van der Waals surface area contributed by atoms with E-state index in [9.17, 15) is 4.39 Å². The van der Waals surface area contributed by atoms with Gasteiger partial charge in [-0.3, -0.25) is 9.58 Å². The number of benzene rings is 1. The van der Waals surface area contributed by atoms with Gasteiger partial charge in [0, 0.05) is 18.7 Å². The Bertz CT molecular complexity index is 577. The van der Waals surface area contributed by atoms with Gasteiger partial charge in [0.25, 0.3) is 0 Å². The summed E-state index contributed by atoms with van der Waals surface area (Å²) in [6.07, 6.45) is 0. The molecule has 0 N–H and O–H groups in total. The molecule has 1 aliphatic rings. The maximum absolute atomic E-state index is 12.9. The van der Waals surface area contributed by atoms with Crippen LogP contribution in [0.3, 0.4) is 0 Å². The highest BCUT2D eigenvalue weighted by Gasteiger charge is 2.21. The summed E-state index contributed by atoms with van der Waals surface area (Å²) in [6.45, 7) is 2.78. The van der Waals surface area contributed by atoms with Gasteiger partial charge in [-0.25, -0.2) is 4.39 Å². The molecule has 2 heterocycles. The number of rotatable bonds is 1. The van der Waals surface area contributed by atoms with Crippen molar-refractivity contribution in [3.63, 3.8) is 0 Å². The fourth-order valence-corrected chi connectivity index (χ4v) is 2.84. The summed E-state index contributed by atoms with van der Waals surface area (Å²) in [5, 5.41) is 4.61. The minimum atomic E-state index is -0.224. The fourth-order valence-electron chi connectivity index (χ4n) is 2.20. The van der Waals surface area contributed by atoms with Gasteiger partial charge < -0.3 is 0 Å². The third-order valence-electron chi connectivity index (χ3n) is 3.22. The molecule has 1 aliphatic heterocycles. The number of halogens is 2. The van der Waals surface area contributed by atoms with Gasteiger partial charge in [0.15, 0.2) is 0 Å². The summed E-state index contributed by atoms with van der Waals surface area (Å²) >= 11 is 3.62. The number of hydrogen-bond donors (Lipinski definition) is 0. The SMILES string of the molecule is CN1CCn2nc(-c3ccc(F)cc3)c(Br)c2C1. The molecule has 0 unspecified atom stereocenters. The van der Waals surface area contributed by atoms with Crippen LogP contribution in [-0.2, 0) is 13.1 Å². The van der Waals surface area contributed by atoms with E-state index in [2.05, 4.69) is 33.0 Å². The molecule has 0 spiro atoms. The molecule has 0 atom stereocenters. The van der Waals surface area contributed by atoms with Crippen molar-refractivity contribution in [3.8, 4) is 11.3 Å². The van der Waals surface area contributed by atoms with E-state index in [-0.39, 0.29) is 5.82 Å². The van der Waals surface area contributed by atoms with Crippen LogP contribution in [0.2, 0.25) is 0 Å². The van der Waals surface area contributed by atoms with Gasteiger partial charge in [-0.15, -0.1) is 0 Å². The predicted molar refractivity (Wildman–Crippen MR) is 71.7 cm³/mol. The van der Waals surface area contributed by atoms with Crippen molar-refractivity contribution in [2.45, 2.75) is 13.1 Å². The monoisotopic (exact) mass is 309 g/mol. The lowest BCUT2D eigenvalue weighted by atomic mass is 10.1. The molecule has 3 nitrogen and oxygen atoms in total. The van der Waals surface area contributed by atoms with Crippen molar-refractivity contribution in [2.24, 2.45) is 0 Å². The van der Waals surface area contributed by atoms with Crippen LogP contribution < -0.4 is 0 Å². The van der Waals surface area contributed by atoms with Gasteiger partial charge in [-0.05, 0) is 47.2 Å². The van der Waals surface area contributed by atoms with E-state index in [1.807, 2.05) is 4.68 Å². The topological polar surface area (TPSA) is 21.1 Å². The van der Waals surface area contributed by atoms with Crippen LogP contribution in [0, 0.1) is 5.82 Å². The molecule has 0 saturated carbocycles. The molecule has 1 aromatic heterocycles. The van der Waals surface area contributed by atoms with E-state index in [1.54, 1.807) is 12.1 Å². The predicted octanol–water partition coefficient (Wildman–Crippen LogP) is 2.90. The molecule has 0 bridgehead atoms. The van der Waals surface area contributed by atoms with E-state index in [1.165, 1.54) is 17.8 Å². The van der Waals surface area contributed by atoms with Gasteiger partial charge in [0.2, 0.25) is 0 Å². The summed E-state index contributed by atoms with van der Waals surface area (Å²) in [6, 6.07) is 6.45. The third kappa shape index (κ3) is 1.97. The second kappa shape index (κ2) is 4.48. The number of fused-ring (bicyclic) bond motifs is 1. The third-order valence-corrected chi connectivity index (χ3v) is 4.06. The van der Waals surface area contributed by atoms with Crippen molar-refractivity contribution in [1.82, 2.24) is 14.7 Å². The number of hydrogen-bond acceptors (Lipinski definition) is 2. The summed E-state index contributed by atoms with van der Waals surface area (Å²) in [4.78, 5) is 2.26. The molecule has 1 aromatic carbocycles. The lowest BCUT2D eigenvalue weighted by molar-refractivity contribution is 0.258. The fraction of sp³-hybridized carbons (Fsp3) is 0.308. The molecule has 2 aromatic rings. The molecule has 5 heteroatoms. The van der Waals surface area contributed by atoms with Crippen molar-refractivity contribution in [1.29, 1.82) is 0 Å². The average Bonchev–Trinajstić information content (AvgIpc) is 2.68. The van der Waals surface area contributed by atoms with Crippen LogP contribution in [0.15, 0.2) is 28.7 Å². The van der Waals surface area contributed by atoms with Crippen molar-refractivity contribution >= 4 is 15.9 Å². The zero-order chi connectivity index (χ0) is 12.7. The molecule has 0 aliphatic carbocycles. The Balaban J connectivity index is 2.06. The summed E-state index contributed by atoms with van der Waals surface area (Å²) < 4.78 is 16.0. The summed E-state index contributed by atoms with van der Waals surface area (Å²) in [7, 11) is 2.10. The number of aromatic nitrogens is 2. The smallest absolute Gasteiger partial charge is 0.123 e. The van der Waals surface area contributed by atoms with Crippen molar-refractivity contribution in [3.05, 3.63) is 40.2 Å². The molecule has 0 radical (unpaired) electrons. The zero-order valence-electron chi connectivity index (χ0n) is 10.0. The number of likely N-dealkylation sites (N-methyl/N-ethyl adjacent to an activating group) is 1. The van der Waals surface area contributed by atoms with Gasteiger partial charge in [-0.1, -0.05) is 0 Å². The zero-order valence-corrected chi connectivity index (χ0v) is 11.6. The summed E-state index contributed by atoms with van der Waals surface area (Å²) in [5.41, 5.74) is 3.01. The van der Waals surface area contributed by atoms with Gasteiger partial charge in [0.05, 0.1) is 16.7 Å². The molecular weight excluding hydrogens is 297 g/mol. The van der Waals surface area contributed by atoms with Crippen LogP contribution in [0.25, 0.3) is 11.3 Å². The van der Waals surface area contributed by atoms with Crippen LogP contribution >= 0.6 is 15.9 Å². The van der Waals surface area contributed by atoms with Crippen LogP contribution in [0.5, 0.6) is 0 Å². The minimum Gasteiger partial charge on any atom is -0.299 e. The largest absolute Gasteiger partial charge is 0.299 e. The van der Waals surface area contributed by atoms with E-state index in [4.69, 9.17) is 0 Å². The van der Waals surface area contributed by atoms with Gasteiger partial charge in [-0.2, -0.15) is 5.10 Å². The Kier molecular flexibility index (Phi) is 2.95. The van der Waals surface area contributed by atoms with E-state index in [0.717, 1.165) is 35.4 Å². The van der Waals surface area contributed by atoms with Crippen LogP contribution in [0.1, 0.15) is 5.69 Å².